The van der Waals surface area contributed by atoms with Crippen molar-refractivity contribution in [3.63, 3.8) is 0 Å². The first-order valence-electron chi connectivity index (χ1n) is 5.23. The van der Waals surface area contributed by atoms with Gasteiger partial charge in [0.1, 0.15) is 5.75 Å². The van der Waals surface area contributed by atoms with E-state index in [4.69, 9.17) is 15.6 Å². The number of carboxylic acid groups (broad SMARTS) is 1. The van der Waals surface area contributed by atoms with Gasteiger partial charge in [0, 0.05) is 0 Å². The molecule has 0 saturated carbocycles. The molecule has 1 aromatic carbocycles. The van der Waals surface area contributed by atoms with Gasteiger partial charge >= 0.3 is 5.97 Å². The van der Waals surface area contributed by atoms with Crippen LogP contribution >= 0.6 is 0 Å². The first kappa shape index (κ1) is 12.5. The Kier molecular flexibility index (Phi) is 4.79. The third kappa shape index (κ3) is 3.55. The molecule has 0 amide bonds. The Labute approximate surface area is 95.0 Å². The molecule has 0 spiro atoms. The highest BCUT2D eigenvalue weighted by Gasteiger charge is 2.16. The van der Waals surface area contributed by atoms with Gasteiger partial charge in [0.25, 0.3) is 0 Å². The van der Waals surface area contributed by atoms with E-state index in [-0.39, 0.29) is 0 Å². The summed E-state index contributed by atoms with van der Waals surface area (Å²) in [5.74, 6) is -0.472. The summed E-state index contributed by atoms with van der Waals surface area (Å²) in [7, 11) is 1.59. The van der Waals surface area contributed by atoms with Crippen LogP contribution in [0.3, 0.4) is 0 Å². The highest BCUT2D eigenvalue weighted by molar-refractivity contribution is 5.70. The lowest BCUT2D eigenvalue weighted by Gasteiger charge is -2.11. The Bertz CT molecular complexity index is 352. The van der Waals surface area contributed by atoms with Crippen molar-refractivity contribution in [2.24, 2.45) is 11.7 Å². The Morgan fingerprint density at radius 3 is 2.88 bits per heavy atom. The molecule has 16 heavy (non-hydrogen) atoms. The zero-order valence-electron chi connectivity index (χ0n) is 9.35. The van der Waals surface area contributed by atoms with Crippen molar-refractivity contribution in [1.82, 2.24) is 0 Å². The van der Waals surface area contributed by atoms with E-state index in [1.54, 1.807) is 7.11 Å². The molecule has 1 atom stereocenters. The van der Waals surface area contributed by atoms with Crippen molar-refractivity contribution < 1.29 is 14.6 Å². The summed E-state index contributed by atoms with van der Waals surface area (Å²) in [5.41, 5.74) is 6.35. The second-order valence-electron chi connectivity index (χ2n) is 3.67. The maximum absolute atomic E-state index is 11.0. The topological polar surface area (TPSA) is 72.5 Å². The third-order valence-corrected chi connectivity index (χ3v) is 2.48. The van der Waals surface area contributed by atoms with Gasteiger partial charge in [0.2, 0.25) is 0 Å². The molecule has 1 aromatic rings. The molecule has 0 bridgehead atoms. The van der Waals surface area contributed by atoms with Crippen LogP contribution in [0.5, 0.6) is 5.75 Å². The summed E-state index contributed by atoms with van der Waals surface area (Å²) in [6.07, 6.45) is 0.982. The molecule has 0 aliphatic rings. The molecule has 0 heterocycles. The minimum atomic E-state index is -0.798. The number of ether oxygens (including phenoxy) is 1. The molecule has 0 fully saturated rings. The van der Waals surface area contributed by atoms with E-state index in [1.807, 2.05) is 24.3 Å². The molecule has 0 aliphatic heterocycles. The minimum Gasteiger partial charge on any atom is -0.497 e. The number of carboxylic acids is 1. The van der Waals surface area contributed by atoms with Crippen molar-refractivity contribution in [3.05, 3.63) is 29.8 Å². The largest absolute Gasteiger partial charge is 0.497 e. The van der Waals surface area contributed by atoms with Crippen LogP contribution in [-0.4, -0.2) is 24.7 Å². The van der Waals surface area contributed by atoms with Crippen LogP contribution in [-0.2, 0) is 11.2 Å². The molecule has 4 heteroatoms. The number of methoxy groups -OCH3 is 1. The molecule has 88 valence electrons. The van der Waals surface area contributed by atoms with Crippen molar-refractivity contribution in [2.75, 3.05) is 13.7 Å². The zero-order chi connectivity index (χ0) is 12.0. The number of nitrogens with two attached hydrogens (primary N) is 1. The zero-order valence-corrected chi connectivity index (χ0v) is 9.35. The number of aliphatic carboxylic acids is 1. The number of rotatable bonds is 6. The van der Waals surface area contributed by atoms with Crippen molar-refractivity contribution in [3.8, 4) is 5.75 Å². The number of benzene rings is 1. The molecular weight excluding hydrogens is 206 g/mol. The maximum atomic E-state index is 11.0. The maximum Gasteiger partial charge on any atom is 0.306 e. The number of hydrogen-bond donors (Lipinski definition) is 2. The highest BCUT2D eigenvalue weighted by atomic mass is 16.5. The lowest BCUT2D eigenvalue weighted by atomic mass is 9.96. The minimum absolute atomic E-state index is 0.390. The van der Waals surface area contributed by atoms with Gasteiger partial charge in [-0.2, -0.15) is 0 Å². The normalized spacial score (nSPS) is 12.1. The van der Waals surface area contributed by atoms with Gasteiger partial charge < -0.3 is 15.6 Å². The van der Waals surface area contributed by atoms with Crippen LogP contribution in [0.4, 0.5) is 0 Å². The van der Waals surface area contributed by atoms with E-state index in [2.05, 4.69) is 0 Å². The molecule has 1 unspecified atom stereocenters. The molecule has 1 rings (SSSR count). The van der Waals surface area contributed by atoms with Gasteiger partial charge in [-0.1, -0.05) is 12.1 Å². The monoisotopic (exact) mass is 223 g/mol. The second kappa shape index (κ2) is 6.12. The summed E-state index contributed by atoms with van der Waals surface area (Å²) >= 11 is 0. The summed E-state index contributed by atoms with van der Waals surface area (Å²) in [4.78, 5) is 11.0. The summed E-state index contributed by atoms with van der Waals surface area (Å²) in [5, 5.41) is 9.01. The molecule has 4 nitrogen and oxygen atoms in total. The molecule has 3 N–H and O–H groups in total. The average Bonchev–Trinajstić information content (AvgIpc) is 2.28. The van der Waals surface area contributed by atoms with E-state index in [0.717, 1.165) is 11.3 Å². The summed E-state index contributed by atoms with van der Waals surface area (Å²) < 4.78 is 5.08. The van der Waals surface area contributed by atoms with Gasteiger partial charge in [-0.15, -0.1) is 0 Å². The standard InChI is InChI=1S/C12H17NO3/c1-16-11-4-2-3-9(8-11)7-10(5-6-13)12(14)15/h2-4,8,10H,5-7,13H2,1H3,(H,14,15). The van der Waals surface area contributed by atoms with Crippen LogP contribution in [0.2, 0.25) is 0 Å². The van der Waals surface area contributed by atoms with E-state index >= 15 is 0 Å². The molecule has 0 radical (unpaired) electrons. The van der Waals surface area contributed by atoms with Gasteiger partial charge in [0.15, 0.2) is 0 Å². The van der Waals surface area contributed by atoms with Crippen LogP contribution in [0.1, 0.15) is 12.0 Å². The SMILES string of the molecule is COc1cccc(CC(CCN)C(=O)O)c1. The molecular formula is C12H17NO3. The molecule has 0 saturated heterocycles. The first-order valence-corrected chi connectivity index (χ1v) is 5.23. The lowest BCUT2D eigenvalue weighted by Crippen LogP contribution is -2.20. The van der Waals surface area contributed by atoms with E-state index in [9.17, 15) is 4.79 Å². The fraction of sp³-hybridized carbons (Fsp3) is 0.417. The van der Waals surface area contributed by atoms with Gasteiger partial charge in [0.05, 0.1) is 13.0 Å². The predicted octanol–water partition coefficient (Wildman–Crippen LogP) is 1.29. The number of carbonyl (C=O) groups is 1. The Hall–Kier alpha value is -1.55. The first-order chi connectivity index (χ1) is 7.67. The Morgan fingerprint density at radius 2 is 2.31 bits per heavy atom. The second-order valence-corrected chi connectivity index (χ2v) is 3.67. The lowest BCUT2D eigenvalue weighted by molar-refractivity contribution is -0.141. The van der Waals surface area contributed by atoms with Gasteiger partial charge in [-0.05, 0) is 37.1 Å². The van der Waals surface area contributed by atoms with Gasteiger partial charge in [-0.3, -0.25) is 4.79 Å². The van der Waals surface area contributed by atoms with Crippen molar-refractivity contribution in [2.45, 2.75) is 12.8 Å². The molecule has 0 aromatic heterocycles. The van der Waals surface area contributed by atoms with Crippen LogP contribution in [0.25, 0.3) is 0 Å². The fourth-order valence-corrected chi connectivity index (χ4v) is 1.60. The Morgan fingerprint density at radius 1 is 1.56 bits per heavy atom. The van der Waals surface area contributed by atoms with Crippen molar-refractivity contribution in [1.29, 1.82) is 0 Å². The summed E-state index contributed by atoms with van der Waals surface area (Å²) in [6.45, 7) is 0.390. The average molecular weight is 223 g/mol. The summed E-state index contributed by atoms with van der Waals surface area (Å²) in [6, 6.07) is 7.44. The fourth-order valence-electron chi connectivity index (χ4n) is 1.60. The van der Waals surface area contributed by atoms with Crippen LogP contribution in [0, 0.1) is 5.92 Å². The van der Waals surface area contributed by atoms with E-state index < -0.39 is 11.9 Å². The van der Waals surface area contributed by atoms with Gasteiger partial charge in [-0.25, -0.2) is 0 Å². The van der Waals surface area contributed by atoms with E-state index in [1.165, 1.54) is 0 Å². The highest BCUT2D eigenvalue weighted by Crippen LogP contribution is 2.17. The smallest absolute Gasteiger partial charge is 0.306 e. The third-order valence-electron chi connectivity index (χ3n) is 2.48. The quantitative estimate of drug-likeness (QED) is 0.762. The number of hydrogen-bond acceptors (Lipinski definition) is 3. The van der Waals surface area contributed by atoms with Crippen LogP contribution < -0.4 is 10.5 Å². The van der Waals surface area contributed by atoms with E-state index in [0.29, 0.717) is 19.4 Å². The Balaban J connectivity index is 2.72. The van der Waals surface area contributed by atoms with Crippen molar-refractivity contribution >= 4 is 5.97 Å². The molecule has 0 aliphatic carbocycles. The van der Waals surface area contributed by atoms with Crippen LogP contribution in [0.15, 0.2) is 24.3 Å². The predicted molar refractivity (Wildman–Crippen MR) is 61.5 cm³/mol.